The molecule has 4 nitrogen and oxygen atoms in total. The first-order chi connectivity index (χ1) is 10.3. The van der Waals surface area contributed by atoms with Gasteiger partial charge in [-0.2, -0.15) is 26.3 Å². The molecule has 0 radical (unpaired) electrons. The van der Waals surface area contributed by atoms with Crippen LogP contribution < -0.4 is 5.32 Å². The molecule has 0 aromatic carbocycles. The molecule has 0 aliphatic rings. The lowest BCUT2D eigenvalue weighted by Crippen LogP contribution is -2.54. The summed E-state index contributed by atoms with van der Waals surface area (Å²) in [6.45, 7) is 0.448. The van der Waals surface area contributed by atoms with Crippen LogP contribution in [-0.4, -0.2) is 62.7 Å². The van der Waals surface area contributed by atoms with Crippen molar-refractivity contribution in [2.45, 2.75) is 37.3 Å². The Morgan fingerprint density at radius 2 is 1.30 bits per heavy atom. The Morgan fingerprint density at radius 1 is 0.826 bits per heavy atom. The monoisotopic (exact) mass is 377 g/mol. The summed E-state index contributed by atoms with van der Waals surface area (Å²) in [7, 11) is -4.26. The average Bonchev–Trinajstić information content (AvgIpc) is 2.37. The first-order valence-electron chi connectivity index (χ1n) is 6.61. The van der Waals surface area contributed by atoms with Crippen LogP contribution in [0.2, 0.25) is 0 Å². The lowest BCUT2D eigenvalue weighted by molar-refractivity contribution is -0.341. The number of hydrogen-bond acceptors (Lipinski definition) is 4. The van der Waals surface area contributed by atoms with E-state index < -0.39 is 45.8 Å². The first-order valence-corrected chi connectivity index (χ1v) is 8.43. The van der Waals surface area contributed by atoms with Crippen LogP contribution in [-0.2, 0) is 9.84 Å². The quantitative estimate of drug-likeness (QED) is 0.451. The predicted octanol–water partition coefficient (Wildman–Crippen LogP) is 1.99. The van der Waals surface area contributed by atoms with Crippen molar-refractivity contribution in [3.63, 3.8) is 0 Å². The highest BCUT2D eigenvalue weighted by atomic mass is 32.2. The van der Waals surface area contributed by atoms with Crippen molar-refractivity contribution >= 4 is 9.84 Å². The maximum atomic E-state index is 13.3. The van der Waals surface area contributed by atoms with Crippen molar-refractivity contribution in [1.82, 2.24) is 5.32 Å². The highest BCUT2D eigenvalue weighted by Gasteiger charge is 2.72. The molecule has 0 heterocycles. The molecular weight excluding hydrogens is 359 g/mol. The van der Waals surface area contributed by atoms with E-state index in [9.17, 15) is 39.2 Å². The molecule has 0 aliphatic heterocycles. The maximum absolute atomic E-state index is 13.3. The van der Waals surface area contributed by atoms with Gasteiger partial charge in [-0.15, -0.1) is 0 Å². The second kappa shape index (κ2) is 8.47. The van der Waals surface area contributed by atoms with E-state index in [4.69, 9.17) is 5.11 Å². The first kappa shape index (κ1) is 22.4. The molecule has 2 N–H and O–H groups in total. The molecule has 0 bridgehead atoms. The molecule has 0 aromatic heterocycles. The Labute approximate surface area is 129 Å². The van der Waals surface area contributed by atoms with Crippen molar-refractivity contribution < 1.29 is 44.3 Å². The number of sulfone groups is 1. The minimum absolute atomic E-state index is 0.0505. The van der Waals surface area contributed by atoms with Crippen LogP contribution in [0.1, 0.15) is 19.3 Å². The number of aliphatic hydroxyl groups is 1. The summed E-state index contributed by atoms with van der Waals surface area (Å²) in [5, 5.41) is 11.2. The van der Waals surface area contributed by atoms with Gasteiger partial charge in [-0.1, -0.05) is 0 Å². The van der Waals surface area contributed by atoms with Crippen LogP contribution >= 0.6 is 0 Å². The van der Waals surface area contributed by atoms with E-state index in [1.165, 1.54) is 0 Å². The van der Waals surface area contributed by atoms with Crippen molar-refractivity contribution in [3.05, 3.63) is 0 Å². The predicted molar refractivity (Wildman–Crippen MR) is 68.4 cm³/mol. The smallest absolute Gasteiger partial charge is 0.396 e. The molecule has 0 spiro atoms. The molecule has 0 aliphatic carbocycles. The van der Waals surface area contributed by atoms with Crippen molar-refractivity contribution in [2.24, 2.45) is 0 Å². The van der Waals surface area contributed by atoms with Crippen molar-refractivity contribution in [1.29, 1.82) is 0 Å². The molecule has 0 saturated heterocycles. The van der Waals surface area contributed by atoms with E-state index in [-0.39, 0.29) is 19.6 Å². The lowest BCUT2D eigenvalue weighted by atomic mass is 10.0. The Kier molecular flexibility index (Phi) is 8.24. The molecule has 0 unspecified atom stereocenters. The zero-order valence-corrected chi connectivity index (χ0v) is 12.8. The summed E-state index contributed by atoms with van der Waals surface area (Å²) < 4.78 is 110. The Bertz CT molecular complexity index is 434. The van der Waals surface area contributed by atoms with Crippen LogP contribution in [0, 0.1) is 0 Å². The normalized spacial score (nSPS) is 14.3. The summed E-state index contributed by atoms with van der Waals surface area (Å²) in [4.78, 5) is 0. The van der Waals surface area contributed by atoms with Crippen LogP contribution in [0.4, 0.5) is 30.7 Å². The Balaban J connectivity index is 4.55. The van der Waals surface area contributed by atoms with Gasteiger partial charge in [0.1, 0.15) is 9.84 Å². The van der Waals surface area contributed by atoms with Crippen molar-refractivity contribution in [2.75, 3.05) is 31.2 Å². The van der Waals surface area contributed by atoms with Crippen LogP contribution in [0.3, 0.4) is 0 Å². The fourth-order valence-electron chi connectivity index (χ4n) is 1.59. The van der Waals surface area contributed by atoms with Crippen molar-refractivity contribution in [3.8, 4) is 0 Å². The van der Waals surface area contributed by atoms with Gasteiger partial charge in [0, 0.05) is 13.0 Å². The third-order valence-corrected chi connectivity index (χ3v) is 4.71. The van der Waals surface area contributed by atoms with Gasteiger partial charge >= 0.3 is 12.4 Å². The SMILES string of the molecule is O=S(=O)(CCCNCCCO)CCC(F)(C(F)(F)F)C(F)(F)F. The van der Waals surface area contributed by atoms with E-state index >= 15 is 0 Å². The average molecular weight is 377 g/mol. The van der Waals surface area contributed by atoms with E-state index in [2.05, 4.69) is 5.32 Å². The van der Waals surface area contributed by atoms with Crippen LogP contribution in [0.25, 0.3) is 0 Å². The van der Waals surface area contributed by atoms with Crippen LogP contribution in [0.5, 0.6) is 0 Å². The molecule has 0 saturated carbocycles. The number of alkyl halides is 7. The van der Waals surface area contributed by atoms with Gasteiger partial charge in [-0.05, 0) is 25.9 Å². The molecule has 0 rings (SSSR count). The summed E-state index contributed by atoms with van der Waals surface area (Å²) in [6, 6.07) is 0. The van der Waals surface area contributed by atoms with E-state index in [0.717, 1.165) is 0 Å². The van der Waals surface area contributed by atoms with Gasteiger partial charge in [-0.3, -0.25) is 0 Å². The standard InChI is InChI=1S/C11H18F7NO3S/c12-9(10(13,14)15,11(16,17)18)3-8-23(21,22)7-2-5-19-4-1-6-20/h19-20H,1-8H2. The zero-order chi connectivity index (χ0) is 18.4. The van der Waals surface area contributed by atoms with Gasteiger partial charge in [-0.25, -0.2) is 12.8 Å². The fraction of sp³-hybridized carbons (Fsp3) is 1.00. The third kappa shape index (κ3) is 7.21. The second-order valence-corrected chi connectivity index (χ2v) is 7.18. The number of halogens is 7. The number of nitrogens with one attached hydrogen (secondary N) is 1. The number of aliphatic hydroxyl groups excluding tert-OH is 1. The van der Waals surface area contributed by atoms with Gasteiger partial charge in [0.05, 0.1) is 11.5 Å². The Hall–Kier alpha value is -0.620. The highest BCUT2D eigenvalue weighted by molar-refractivity contribution is 7.91. The fourth-order valence-corrected chi connectivity index (χ4v) is 2.97. The van der Waals surface area contributed by atoms with Gasteiger partial charge < -0.3 is 10.4 Å². The van der Waals surface area contributed by atoms with E-state index in [1.54, 1.807) is 0 Å². The summed E-state index contributed by atoms with van der Waals surface area (Å²) in [5.74, 6) is -2.22. The summed E-state index contributed by atoms with van der Waals surface area (Å²) in [5.41, 5.74) is -5.55. The maximum Gasteiger partial charge on any atom is 0.431 e. The third-order valence-electron chi connectivity index (χ3n) is 2.98. The number of hydrogen-bond donors (Lipinski definition) is 2. The second-order valence-electron chi connectivity index (χ2n) is 4.88. The van der Waals surface area contributed by atoms with E-state index in [0.29, 0.717) is 13.0 Å². The van der Waals surface area contributed by atoms with Gasteiger partial charge in [0.15, 0.2) is 0 Å². The molecule has 12 heteroatoms. The zero-order valence-electron chi connectivity index (χ0n) is 12.0. The van der Waals surface area contributed by atoms with Gasteiger partial charge in [0.25, 0.3) is 5.67 Å². The molecular formula is C11H18F7NO3S. The highest BCUT2D eigenvalue weighted by Crippen LogP contribution is 2.48. The van der Waals surface area contributed by atoms with E-state index in [1.807, 2.05) is 0 Å². The molecule has 0 amide bonds. The van der Waals surface area contributed by atoms with Gasteiger partial charge in [0.2, 0.25) is 0 Å². The lowest BCUT2D eigenvalue weighted by Gasteiger charge is -2.29. The summed E-state index contributed by atoms with van der Waals surface area (Å²) in [6.07, 6.45) is -14.3. The molecule has 140 valence electrons. The number of rotatable bonds is 10. The molecule has 0 atom stereocenters. The minimum Gasteiger partial charge on any atom is -0.396 e. The largest absolute Gasteiger partial charge is 0.431 e. The van der Waals surface area contributed by atoms with Crippen LogP contribution in [0.15, 0.2) is 0 Å². The Morgan fingerprint density at radius 3 is 1.74 bits per heavy atom. The molecule has 0 aromatic rings. The topological polar surface area (TPSA) is 66.4 Å². The molecule has 0 fully saturated rings. The summed E-state index contributed by atoms with van der Waals surface area (Å²) >= 11 is 0. The molecule has 23 heavy (non-hydrogen) atoms. The minimum atomic E-state index is -6.24.